The van der Waals surface area contributed by atoms with Crippen molar-refractivity contribution in [3.8, 4) is 0 Å². The normalized spacial score (nSPS) is 25.1. The Morgan fingerprint density at radius 2 is 2.50 bits per heavy atom. The van der Waals surface area contributed by atoms with Crippen molar-refractivity contribution in [2.24, 2.45) is 0 Å². The minimum Gasteiger partial charge on any atom is -0.368 e. The van der Waals surface area contributed by atoms with E-state index in [0.717, 1.165) is 43.4 Å². The molecule has 0 radical (unpaired) electrons. The predicted molar refractivity (Wildman–Crippen MR) is 63.5 cm³/mol. The third kappa shape index (κ3) is 2.07. The summed E-state index contributed by atoms with van der Waals surface area (Å²) >= 11 is 1.92. The van der Waals surface area contributed by atoms with Crippen LogP contribution in [-0.4, -0.2) is 34.6 Å². The van der Waals surface area contributed by atoms with E-state index in [1.165, 1.54) is 11.3 Å². The van der Waals surface area contributed by atoms with Crippen LogP contribution in [0.4, 0.5) is 0 Å². The van der Waals surface area contributed by atoms with Crippen molar-refractivity contribution in [1.82, 2.24) is 15.3 Å². The van der Waals surface area contributed by atoms with Gasteiger partial charge in [-0.2, -0.15) is 11.8 Å². The summed E-state index contributed by atoms with van der Waals surface area (Å²) in [5.41, 5.74) is 2.43. The largest absolute Gasteiger partial charge is 0.368 e. The maximum Gasteiger partial charge on any atom is 0.158 e. The molecular weight excluding hydrogens is 222 g/mol. The fourth-order valence-electron chi connectivity index (χ4n) is 2.04. The van der Waals surface area contributed by atoms with Crippen molar-refractivity contribution in [2.75, 3.05) is 24.7 Å². The Hall–Kier alpha value is -0.650. The first-order valence-electron chi connectivity index (χ1n) is 5.68. The molecule has 0 spiro atoms. The summed E-state index contributed by atoms with van der Waals surface area (Å²) in [4.78, 5) is 9.07. The van der Waals surface area contributed by atoms with E-state index in [1.54, 1.807) is 0 Å². The van der Waals surface area contributed by atoms with Gasteiger partial charge in [0, 0.05) is 48.5 Å². The quantitative estimate of drug-likeness (QED) is 0.787. The van der Waals surface area contributed by atoms with Gasteiger partial charge in [-0.1, -0.05) is 0 Å². The fraction of sp³-hybridized carbons (Fsp3) is 0.636. The van der Waals surface area contributed by atoms with E-state index in [4.69, 9.17) is 4.74 Å². The Morgan fingerprint density at radius 1 is 1.50 bits per heavy atom. The Kier molecular flexibility index (Phi) is 3.08. The summed E-state index contributed by atoms with van der Waals surface area (Å²) in [6, 6.07) is 0. The molecule has 0 aliphatic carbocycles. The van der Waals surface area contributed by atoms with Crippen LogP contribution in [0.3, 0.4) is 0 Å². The highest BCUT2D eigenvalue weighted by Crippen LogP contribution is 2.24. The zero-order chi connectivity index (χ0) is 10.8. The monoisotopic (exact) mass is 237 g/mol. The molecule has 3 heterocycles. The Morgan fingerprint density at radius 3 is 3.38 bits per heavy atom. The van der Waals surface area contributed by atoms with Crippen molar-refractivity contribution >= 4 is 11.8 Å². The summed E-state index contributed by atoms with van der Waals surface area (Å²) < 4.78 is 5.69. The summed E-state index contributed by atoms with van der Waals surface area (Å²) in [5, 5.41) is 3.32. The van der Waals surface area contributed by atoms with Crippen LogP contribution < -0.4 is 5.32 Å². The second kappa shape index (κ2) is 4.69. The van der Waals surface area contributed by atoms with E-state index < -0.39 is 0 Å². The third-order valence-corrected chi connectivity index (χ3v) is 3.92. The Bertz CT molecular complexity index is 379. The molecule has 5 heteroatoms. The molecule has 1 aromatic heterocycles. The number of ether oxygens (including phenoxy) is 1. The summed E-state index contributed by atoms with van der Waals surface area (Å²) in [5.74, 6) is 2.94. The van der Waals surface area contributed by atoms with Crippen LogP contribution in [0.1, 0.15) is 23.2 Å². The minimum absolute atomic E-state index is 0.0962. The number of aromatic nitrogens is 2. The number of rotatable bonds is 1. The van der Waals surface area contributed by atoms with E-state index in [1.807, 2.05) is 18.0 Å². The lowest BCUT2D eigenvalue weighted by Crippen LogP contribution is -2.26. The average Bonchev–Trinajstić information content (AvgIpc) is 2.39. The zero-order valence-corrected chi connectivity index (χ0v) is 9.92. The maximum absolute atomic E-state index is 5.69. The number of hydrogen-bond donors (Lipinski definition) is 1. The lowest BCUT2D eigenvalue weighted by atomic mass is 10.1. The molecule has 0 bridgehead atoms. The SMILES string of the molecule is c1nc(C2CSCCO2)nc2c1CNCC2. The molecule has 0 saturated carbocycles. The molecule has 16 heavy (non-hydrogen) atoms. The molecule has 1 N–H and O–H groups in total. The van der Waals surface area contributed by atoms with Gasteiger partial charge in [0.2, 0.25) is 0 Å². The van der Waals surface area contributed by atoms with Gasteiger partial charge in [0.25, 0.3) is 0 Å². The summed E-state index contributed by atoms with van der Waals surface area (Å²) in [6.07, 6.45) is 3.05. The van der Waals surface area contributed by atoms with Gasteiger partial charge in [-0.15, -0.1) is 0 Å². The molecule has 1 aromatic rings. The van der Waals surface area contributed by atoms with Gasteiger partial charge >= 0.3 is 0 Å². The highest BCUT2D eigenvalue weighted by molar-refractivity contribution is 7.99. The fourth-order valence-corrected chi connectivity index (χ4v) is 2.88. The van der Waals surface area contributed by atoms with Crippen LogP contribution in [0.15, 0.2) is 6.20 Å². The number of hydrogen-bond acceptors (Lipinski definition) is 5. The Labute approximate surface area is 99.2 Å². The van der Waals surface area contributed by atoms with Gasteiger partial charge in [-0.25, -0.2) is 9.97 Å². The third-order valence-electron chi connectivity index (χ3n) is 2.93. The number of nitrogens with zero attached hydrogens (tertiary/aromatic N) is 2. The van der Waals surface area contributed by atoms with Gasteiger partial charge < -0.3 is 10.1 Å². The lowest BCUT2D eigenvalue weighted by molar-refractivity contribution is 0.0691. The molecule has 3 rings (SSSR count). The molecule has 2 aliphatic heterocycles. The van der Waals surface area contributed by atoms with Gasteiger partial charge in [0.05, 0.1) is 6.61 Å². The van der Waals surface area contributed by atoms with E-state index in [2.05, 4.69) is 15.3 Å². The van der Waals surface area contributed by atoms with Crippen molar-refractivity contribution in [3.05, 3.63) is 23.3 Å². The molecule has 2 aliphatic rings. The van der Waals surface area contributed by atoms with Crippen LogP contribution in [0, 0.1) is 0 Å². The second-order valence-electron chi connectivity index (χ2n) is 4.06. The number of nitrogens with one attached hydrogen (secondary N) is 1. The molecule has 0 aromatic carbocycles. The van der Waals surface area contributed by atoms with E-state index in [0.29, 0.717) is 0 Å². The Balaban J connectivity index is 1.84. The van der Waals surface area contributed by atoms with Gasteiger partial charge in [0.1, 0.15) is 6.10 Å². The smallest absolute Gasteiger partial charge is 0.158 e. The van der Waals surface area contributed by atoms with Crippen LogP contribution >= 0.6 is 11.8 Å². The van der Waals surface area contributed by atoms with Gasteiger partial charge in [-0.05, 0) is 0 Å². The van der Waals surface area contributed by atoms with Crippen LogP contribution in [0.5, 0.6) is 0 Å². The molecule has 1 saturated heterocycles. The van der Waals surface area contributed by atoms with Crippen LogP contribution in [-0.2, 0) is 17.7 Å². The number of fused-ring (bicyclic) bond motifs is 1. The first-order chi connectivity index (χ1) is 7.93. The van der Waals surface area contributed by atoms with Crippen LogP contribution in [0.25, 0.3) is 0 Å². The van der Waals surface area contributed by atoms with Crippen molar-refractivity contribution < 1.29 is 4.74 Å². The highest BCUT2D eigenvalue weighted by Gasteiger charge is 2.21. The molecule has 1 fully saturated rings. The topological polar surface area (TPSA) is 47.0 Å². The average molecular weight is 237 g/mol. The molecule has 86 valence electrons. The second-order valence-corrected chi connectivity index (χ2v) is 5.21. The molecule has 0 amide bonds. The lowest BCUT2D eigenvalue weighted by Gasteiger charge is -2.23. The standard InChI is InChI=1S/C11H15N3OS/c1-2-12-5-8-6-13-11(14-9(1)8)10-7-16-4-3-15-10/h6,10,12H,1-5,7H2. The van der Waals surface area contributed by atoms with Crippen molar-refractivity contribution in [3.63, 3.8) is 0 Å². The molecule has 1 atom stereocenters. The van der Waals surface area contributed by atoms with E-state index in [9.17, 15) is 0 Å². The maximum atomic E-state index is 5.69. The zero-order valence-electron chi connectivity index (χ0n) is 9.11. The van der Waals surface area contributed by atoms with E-state index in [-0.39, 0.29) is 6.10 Å². The van der Waals surface area contributed by atoms with E-state index >= 15 is 0 Å². The molecular formula is C11H15N3OS. The predicted octanol–water partition coefficient (Wildman–Crippen LogP) is 0.927. The number of thioether (sulfide) groups is 1. The van der Waals surface area contributed by atoms with Gasteiger partial charge in [-0.3, -0.25) is 0 Å². The molecule has 1 unspecified atom stereocenters. The summed E-state index contributed by atoms with van der Waals surface area (Å²) in [7, 11) is 0. The minimum atomic E-state index is 0.0962. The first kappa shape index (κ1) is 10.5. The highest BCUT2D eigenvalue weighted by atomic mass is 32.2. The van der Waals surface area contributed by atoms with Crippen LogP contribution in [0.2, 0.25) is 0 Å². The van der Waals surface area contributed by atoms with Gasteiger partial charge in [0.15, 0.2) is 5.82 Å². The first-order valence-corrected chi connectivity index (χ1v) is 6.84. The summed E-state index contributed by atoms with van der Waals surface area (Å²) in [6.45, 7) is 2.73. The van der Waals surface area contributed by atoms with Crippen molar-refractivity contribution in [1.29, 1.82) is 0 Å². The molecule has 4 nitrogen and oxygen atoms in total. The van der Waals surface area contributed by atoms with Crippen molar-refractivity contribution in [2.45, 2.75) is 19.1 Å².